The van der Waals surface area contributed by atoms with E-state index in [1.807, 2.05) is 6.08 Å². The summed E-state index contributed by atoms with van der Waals surface area (Å²) in [6, 6.07) is 0. The molecule has 46 valence electrons. The topological polar surface area (TPSA) is 43.1 Å². The summed E-state index contributed by atoms with van der Waals surface area (Å²) in [4.78, 5) is 9.65. The molecule has 2 nitrogen and oxygen atoms in total. The van der Waals surface area contributed by atoms with Crippen LogP contribution >= 0.6 is 0 Å². The fourth-order valence-corrected chi connectivity index (χ4v) is 0.387. The average Bonchev–Trinajstić information content (AvgIpc) is 1.81. The van der Waals surface area contributed by atoms with Gasteiger partial charge in [-0.25, -0.2) is 0 Å². The molecular formula is C6H11NO. The molecule has 0 spiro atoms. The van der Waals surface area contributed by atoms with E-state index in [1.165, 1.54) is 6.08 Å². The summed E-state index contributed by atoms with van der Waals surface area (Å²) in [5, 5.41) is 0. The van der Waals surface area contributed by atoms with Crippen LogP contribution in [0.5, 0.6) is 0 Å². The smallest absolute Gasteiger partial charge is 0.142 e. The average molecular weight is 113 g/mol. The highest BCUT2D eigenvalue weighted by Crippen LogP contribution is 1.85. The van der Waals surface area contributed by atoms with Crippen molar-refractivity contribution in [2.45, 2.75) is 12.8 Å². The first-order chi connectivity index (χ1) is 3.91. The molecule has 0 unspecified atom stereocenters. The van der Waals surface area contributed by atoms with Crippen LogP contribution in [0.2, 0.25) is 0 Å². The van der Waals surface area contributed by atoms with Gasteiger partial charge < -0.3 is 5.73 Å². The monoisotopic (exact) mass is 113 g/mol. The molecule has 0 aromatic carbocycles. The molecule has 0 saturated carbocycles. The van der Waals surface area contributed by atoms with Gasteiger partial charge in [0.1, 0.15) is 6.29 Å². The molecule has 0 atom stereocenters. The summed E-state index contributed by atoms with van der Waals surface area (Å²) >= 11 is 0. The van der Waals surface area contributed by atoms with Crippen molar-refractivity contribution >= 4 is 6.29 Å². The molecule has 0 aliphatic rings. The highest BCUT2D eigenvalue weighted by molar-refractivity contribution is 5.64. The van der Waals surface area contributed by atoms with Crippen LogP contribution in [0.3, 0.4) is 0 Å². The quantitative estimate of drug-likeness (QED) is 0.327. The predicted octanol–water partition coefficient (Wildman–Crippen LogP) is 0.480. The number of unbranched alkanes of at least 4 members (excludes halogenated alkanes) is 1. The van der Waals surface area contributed by atoms with Gasteiger partial charge in [0.15, 0.2) is 0 Å². The van der Waals surface area contributed by atoms with Crippen molar-refractivity contribution in [3.63, 3.8) is 0 Å². The lowest BCUT2D eigenvalue weighted by atomic mass is 10.3. The number of hydrogen-bond donors (Lipinski definition) is 1. The number of aldehydes is 1. The second-order valence-electron chi connectivity index (χ2n) is 1.50. The van der Waals surface area contributed by atoms with Crippen molar-refractivity contribution in [3.05, 3.63) is 12.2 Å². The molecule has 0 fully saturated rings. The number of carbonyl (C=O) groups is 1. The van der Waals surface area contributed by atoms with E-state index in [-0.39, 0.29) is 0 Å². The number of rotatable bonds is 4. The van der Waals surface area contributed by atoms with Crippen LogP contribution < -0.4 is 5.73 Å². The van der Waals surface area contributed by atoms with E-state index in [1.54, 1.807) is 0 Å². The highest BCUT2D eigenvalue weighted by Gasteiger charge is 1.74. The number of hydrogen-bond acceptors (Lipinski definition) is 2. The Bertz CT molecular complexity index is 78.6. The Labute approximate surface area is 49.4 Å². The first kappa shape index (κ1) is 7.37. The lowest BCUT2D eigenvalue weighted by Crippen LogP contribution is -1.96. The number of nitrogens with two attached hydrogens (primary N) is 1. The van der Waals surface area contributed by atoms with Crippen molar-refractivity contribution in [2.24, 2.45) is 5.73 Å². The molecule has 2 N–H and O–H groups in total. The minimum Gasteiger partial charge on any atom is -0.330 e. The summed E-state index contributed by atoms with van der Waals surface area (Å²) in [6.07, 6.45) is 5.96. The molecule has 0 aliphatic carbocycles. The van der Waals surface area contributed by atoms with E-state index in [0.29, 0.717) is 6.54 Å². The Morgan fingerprint density at radius 2 is 2.25 bits per heavy atom. The van der Waals surface area contributed by atoms with Gasteiger partial charge >= 0.3 is 0 Å². The zero-order chi connectivity index (χ0) is 6.24. The van der Waals surface area contributed by atoms with E-state index < -0.39 is 0 Å². The first-order valence-electron chi connectivity index (χ1n) is 2.72. The Balaban J connectivity index is 2.91. The van der Waals surface area contributed by atoms with E-state index in [0.717, 1.165) is 19.1 Å². The number of carbonyl (C=O) groups excluding carboxylic acids is 1. The number of allylic oxidation sites excluding steroid dienone is 2. The highest BCUT2D eigenvalue weighted by atomic mass is 16.1. The van der Waals surface area contributed by atoms with Crippen molar-refractivity contribution in [3.8, 4) is 0 Å². The maximum atomic E-state index is 9.65. The molecule has 0 aromatic rings. The molecule has 8 heavy (non-hydrogen) atoms. The Morgan fingerprint density at radius 3 is 2.75 bits per heavy atom. The normalized spacial score (nSPS) is 10.1. The van der Waals surface area contributed by atoms with E-state index >= 15 is 0 Å². The molecule has 0 aromatic heterocycles. The van der Waals surface area contributed by atoms with Crippen LogP contribution in [0.4, 0.5) is 0 Å². The predicted molar refractivity (Wildman–Crippen MR) is 33.5 cm³/mol. The molecule has 0 radical (unpaired) electrons. The SMILES string of the molecule is NCCC/C=C/C=O. The minimum atomic E-state index is 0.698. The van der Waals surface area contributed by atoms with Crippen LogP contribution in [0.15, 0.2) is 12.2 Å². The molecule has 0 amide bonds. The molecule has 0 rings (SSSR count). The summed E-state index contributed by atoms with van der Waals surface area (Å²) in [5.74, 6) is 0. The zero-order valence-electron chi connectivity index (χ0n) is 4.84. The molecule has 2 heteroatoms. The summed E-state index contributed by atoms with van der Waals surface area (Å²) in [7, 11) is 0. The van der Waals surface area contributed by atoms with E-state index in [9.17, 15) is 4.79 Å². The molecule has 0 bridgehead atoms. The van der Waals surface area contributed by atoms with Crippen molar-refractivity contribution < 1.29 is 4.79 Å². The van der Waals surface area contributed by atoms with Gasteiger partial charge in [-0.3, -0.25) is 4.79 Å². The van der Waals surface area contributed by atoms with Gasteiger partial charge in [0.2, 0.25) is 0 Å². The van der Waals surface area contributed by atoms with Gasteiger partial charge in [0.05, 0.1) is 0 Å². The van der Waals surface area contributed by atoms with Crippen LogP contribution in [-0.4, -0.2) is 12.8 Å². The first-order valence-corrected chi connectivity index (χ1v) is 2.72. The molecule has 0 heterocycles. The minimum absolute atomic E-state index is 0.698. The van der Waals surface area contributed by atoms with Crippen LogP contribution in [0.25, 0.3) is 0 Å². The second kappa shape index (κ2) is 6.37. The van der Waals surface area contributed by atoms with E-state index in [2.05, 4.69) is 0 Å². The van der Waals surface area contributed by atoms with Gasteiger partial charge in [-0.05, 0) is 25.5 Å². The third-order valence-electron chi connectivity index (χ3n) is 0.790. The molecule has 0 saturated heterocycles. The summed E-state index contributed by atoms with van der Waals surface area (Å²) in [6.45, 7) is 0.698. The summed E-state index contributed by atoms with van der Waals surface area (Å²) < 4.78 is 0. The fourth-order valence-electron chi connectivity index (χ4n) is 0.387. The third kappa shape index (κ3) is 5.37. The standard InChI is InChI=1S/C6H11NO/c7-5-3-1-2-4-6-8/h2,4,6H,1,3,5,7H2/b4-2+. The van der Waals surface area contributed by atoms with Crippen LogP contribution in [0.1, 0.15) is 12.8 Å². The van der Waals surface area contributed by atoms with E-state index in [4.69, 9.17) is 5.73 Å². The second-order valence-corrected chi connectivity index (χ2v) is 1.50. The molecule has 0 aliphatic heterocycles. The van der Waals surface area contributed by atoms with Crippen LogP contribution in [0, 0.1) is 0 Å². The fraction of sp³-hybridized carbons (Fsp3) is 0.500. The lowest BCUT2D eigenvalue weighted by Gasteiger charge is -1.84. The maximum absolute atomic E-state index is 9.65. The maximum Gasteiger partial charge on any atom is 0.142 e. The van der Waals surface area contributed by atoms with Gasteiger partial charge in [-0.15, -0.1) is 0 Å². The van der Waals surface area contributed by atoms with Gasteiger partial charge in [0.25, 0.3) is 0 Å². The van der Waals surface area contributed by atoms with Gasteiger partial charge in [0, 0.05) is 0 Å². The molecular weight excluding hydrogens is 102 g/mol. The van der Waals surface area contributed by atoms with Crippen LogP contribution in [-0.2, 0) is 4.79 Å². The third-order valence-corrected chi connectivity index (χ3v) is 0.790. The zero-order valence-corrected chi connectivity index (χ0v) is 4.84. The van der Waals surface area contributed by atoms with Gasteiger partial charge in [-0.1, -0.05) is 6.08 Å². The largest absolute Gasteiger partial charge is 0.330 e. The van der Waals surface area contributed by atoms with Crippen molar-refractivity contribution in [1.82, 2.24) is 0 Å². The lowest BCUT2D eigenvalue weighted by molar-refractivity contribution is -0.104. The Morgan fingerprint density at radius 1 is 1.50 bits per heavy atom. The summed E-state index contributed by atoms with van der Waals surface area (Å²) in [5.41, 5.74) is 5.19. The Hall–Kier alpha value is -0.630. The van der Waals surface area contributed by atoms with Crippen molar-refractivity contribution in [2.75, 3.05) is 6.54 Å². The Kier molecular flexibility index (Phi) is 5.87. The van der Waals surface area contributed by atoms with Crippen molar-refractivity contribution in [1.29, 1.82) is 0 Å². The van der Waals surface area contributed by atoms with Gasteiger partial charge in [-0.2, -0.15) is 0 Å².